The second-order valence-electron chi connectivity index (χ2n) is 4.72. The molecule has 3 heteroatoms. The normalized spacial score (nSPS) is 11.1. The Morgan fingerprint density at radius 1 is 1.24 bits per heavy atom. The summed E-state index contributed by atoms with van der Waals surface area (Å²) in [5.41, 5.74) is 1.85. The van der Waals surface area contributed by atoms with E-state index in [1.165, 1.54) is 6.07 Å². The summed E-state index contributed by atoms with van der Waals surface area (Å²) in [7, 11) is 0. The fourth-order valence-electron chi connectivity index (χ4n) is 1.65. The SMILES string of the molecule is Cc1cc(CNCCCNC(C)C)ccc1F. The third kappa shape index (κ3) is 5.80. The van der Waals surface area contributed by atoms with Gasteiger partial charge in [0.1, 0.15) is 5.82 Å². The van der Waals surface area contributed by atoms with Gasteiger partial charge in [0.15, 0.2) is 0 Å². The van der Waals surface area contributed by atoms with E-state index >= 15 is 0 Å². The Morgan fingerprint density at radius 2 is 2.00 bits per heavy atom. The van der Waals surface area contributed by atoms with Crippen molar-refractivity contribution in [1.82, 2.24) is 10.6 Å². The molecule has 17 heavy (non-hydrogen) atoms. The second-order valence-corrected chi connectivity index (χ2v) is 4.72. The van der Waals surface area contributed by atoms with E-state index in [2.05, 4.69) is 24.5 Å². The lowest BCUT2D eigenvalue weighted by atomic mass is 10.1. The monoisotopic (exact) mass is 238 g/mol. The number of halogens is 1. The number of hydrogen-bond donors (Lipinski definition) is 2. The standard InChI is InChI=1S/C14H23FN2/c1-11(2)17-8-4-7-16-10-13-5-6-14(15)12(3)9-13/h5-6,9,11,16-17H,4,7-8,10H2,1-3H3. The molecule has 0 atom stereocenters. The van der Waals surface area contributed by atoms with Crippen LogP contribution in [0, 0.1) is 12.7 Å². The summed E-state index contributed by atoms with van der Waals surface area (Å²) in [5.74, 6) is -0.130. The molecule has 2 nitrogen and oxygen atoms in total. The molecule has 0 aromatic heterocycles. The molecule has 0 aliphatic heterocycles. The summed E-state index contributed by atoms with van der Waals surface area (Å²) < 4.78 is 13.0. The minimum atomic E-state index is -0.130. The van der Waals surface area contributed by atoms with Gasteiger partial charge in [0, 0.05) is 12.6 Å². The first-order valence-electron chi connectivity index (χ1n) is 6.28. The molecule has 0 aliphatic carbocycles. The largest absolute Gasteiger partial charge is 0.314 e. The smallest absolute Gasteiger partial charge is 0.126 e. The quantitative estimate of drug-likeness (QED) is 0.714. The summed E-state index contributed by atoms with van der Waals surface area (Å²) in [6, 6.07) is 5.82. The van der Waals surface area contributed by atoms with Crippen LogP contribution >= 0.6 is 0 Å². The zero-order valence-electron chi connectivity index (χ0n) is 11.0. The fourth-order valence-corrected chi connectivity index (χ4v) is 1.65. The number of hydrogen-bond acceptors (Lipinski definition) is 2. The van der Waals surface area contributed by atoms with Gasteiger partial charge in [-0.25, -0.2) is 4.39 Å². The van der Waals surface area contributed by atoms with Crippen LogP contribution in [0.25, 0.3) is 0 Å². The lowest BCUT2D eigenvalue weighted by Gasteiger charge is -2.09. The average molecular weight is 238 g/mol. The molecule has 1 rings (SSSR count). The topological polar surface area (TPSA) is 24.1 Å². The first-order valence-corrected chi connectivity index (χ1v) is 6.28. The molecule has 1 aromatic carbocycles. The fraction of sp³-hybridized carbons (Fsp3) is 0.571. The lowest BCUT2D eigenvalue weighted by Crippen LogP contribution is -2.26. The number of rotatable bonds is 7. The number of aryl methyl sites for hydroxylation is 1. The molecular formula is C14H23FN2. The minimum absolute atomic E-state index is 0.130. The Bertz CT molecular complexity index is 337. The van der Waals surface area contributed by atoms with Crippen molar-refractivity contribution in [3.8, 4) is 0 Å². The zero-order valence-corrected chi connectivity index (χ0v) is 11.0. The van der Waals surface area contributed by atoms with Crippen LogP contribution in [-0.2, 0) is 6.54 Å². The highest BCUT2D eigenvalue weighted by atomic mass is 19.1. The van der Waals surface area contributed by atoms with Crippen molar-refractivity contribution < 1.29 is 4.39 Å². The van der Waals surface area contributed by atoms with Gasteiger partial charge in [0.25, 0.3) is 0 Å². The Hall–Kier alpha value is -0.930. The number of benzene rings is 1. The molecule has 0 saturated carbocycles. The van der Waals surface area contributed by atoms with E-state index in [1.54, 1.807) is 6.92 Å². The first-order chi connectivity index (χ1) is 8.09. The molecule has 0 bridgehead atoms. The summed E-state index contributed by atoms with van der Waals surface area (Å²) in [6.07, 6.45) is 1.11. The van der Waals surface area contributed by atoms with Crippen molar-refractivity contribution in [2.75, 3.05) is 13.1 Å². The van der Waals surface area contributed by atoms with Crippen molar-refractivity contribution in [3.63, 3.8) is 0 Å². The zero-order chi connectivity index (χ0) is 12.7. The maximum atomic E-state index is 13.0. The maximum absolute atomic E-state index is 13.0. The van der Waals surface area contributed by atoms with Crippen molar-refractivity contribution in [3.05, 3.63) is 35.1 Å². The molecule has 0 spiro atoms. The molecule has 0 amide bonds. The van der Waals surface area contributed by atoms with E-state index in [0.29, 0.717) is 11.6 Å². The molecule has 0 fully saturated rings. The van der Waals surface area contributed by atoms with Gasteiger partial charge >= 0.3 is 0 Å². The third-order valence-corrected chi connectivity index (χ3v) is 2.63. The first kappa shape index (κ1) is 14.1. The Balaban J connectivity index is 2.16. The Morgan fingerprint density at radius 3 is 2.65 bits per heavy atom. The predicted octanol–water partition coefficient (Wildman–Crippen LogP) is 2.61. The van der Waals surface area contributed by atoms with E-state index in [-0.39, 0.29) is 5.82 Å². The van der Waals surface area contributed by atoms with Gasteiger partial charge in [-0.2, -0.15) is 0 Å². The van der Waals surface area contributed by atoms with Crippen LogP contribution in [0.2, 0.25) is 0 Å². The van der Waals surface area contributed by atoms with E-state index in [9.17, 15) is 4.39 Å². The van der Waals surface area contributed by atoms with E-state index in [1.807, 2.05) is 12.1 Å². The van der Waals surface area contributed by atoms with Crippen molar-refractivity contribution in [1.29, 1.82) is 0 Å². The van der Waals surface area contributed by atoms with Gasteiger partial charge in [-0.05, 0) is 43.6 Å². The van der Waals surface area contributed by atoms with Gasteiger partial charge < -0.3 is 10.6 Å². The van der Waals surface area contributed by atoms with Crippen LogP contribution in [-0.4, -0.2) is 19.1 Å². The Kier molecular flexibility index (Phi) is 6.16. The van der Waals surface area contributed by atoms with Gasteiger partial charge in [-0.3, -0.25) is 0 Å². The highest BCUT2D eigenvalue weighted by molar-refractivity contribution is 5.23. The molecule has 0 aliphatic rings. The minimum Gasteiger partial charge on any atom is -0.314 e. The van der Waals surface area contributed by atoms with Crippen LogP contribution in [0.1, 0.15) is 31.4 Å². The highest BCUT2D eigenvalue weighted by Gasteiger charge is 1.98. The van der Waals surface area contributed by atoms with E-state index in [0.717, 1.165) is 31.6 Å². The molecular weight excluding hydrogens is 215 g/mol. The third-order valence-electron chi connectivity index (χ3n) is 2.63. The summed E-state index contributed by atoms with van der Waals surface area (Å²) in [5, 5.41) is 6.73. The van der Waals surface area contributed by atoms with Gasteiger partial charge in [-0.15, -0.1) is 0 Å². The lowest BCUT2D eigenvalue weighted by molar-refractivity contribution is 0.547. The van der Waals surface area contributed by atoms with Crippen LogP contribution < -0.4 is 10.6 Å². The molecule has 0 saturated heterocycles. The maximum Gasteiger partial charge on any atom is 0.126 e. The van der Waals surface area contributed by atoms with Crippen LogP contribution in [0.3, 0.4) is 0 Å². The van der Waals surface area contributed by atoms with Crippen LogP contribution in [0.15, 0.2) is 18.2 Å². The predicted molar refractivity (Wildman–Crippen MR) is 70.6 cm³/mol. The van der Waals surface area contributed by atoms with E-state index in [4.69, 9.17) is 0 Å². The molecule has 1 aromatic rings. The van der Waals surface area contributed by atoms with Crippen molar-refractivity contribution in [2.45, 2.75) is 39.8 Å². The van der Waals surface area contributed by atoms with Crippen molar-refractivity contribution >= 4 is 0 Å². The van der Waals surface area contributed by atoms with E-state index < -0.39 is 0 Å². The molecule has 0 heterocycles. The summed E-state index contributed by atoms with van der Waals surface area (Å²) in [4.78, 5) is 0. The van der Waals surface area contributed by atoms with Crippen molar-refractivity contribution in [2.24, 2.45) is 0 Å². The Labute approximate surface area is 104 Å². The molecule has 2 N–H and O–H groups in total. The van der Waals surface area contributed by atoms with Gasteiger partial charge in [0.05, 0.1) is 0 Å². The van der Waals surface area contributed by atoms with Gasteiger partial charge in [-0.1, -0.05) is 26.0 Å². The average Bonchev–Trinajstić information content (AvgIpc) is 2.27. The summed E-state index contributed by atoms with van der Waals surface area (Å²) in [6.45, 7) is 8.92. The van der Waals surface area contributed by atoms with Gasteiger partial charge in [0.2, 0.25) is 0 Å². The van der Waals surface area contributed by atoms with Crippen LogP contribution in [0.5, 0.6) is 0 Å². The molecule has 0 unspecified atom stereocenters. The van der Waals surface area contributed by atoms with Crippen LogP contribution in [0.4, 0.5) is 4.39 Å². The second kappa shape index (κ2) is 7.41. The summed E-state index contributed by atoms with van der Waals surface area (Å²) >= 11 is 0. The highest BCUT2D eigenvalue weighted by Crippen LogP contribution is 2.08. The number of nitrogens with one attached hydrogen (secondary N) is 2. The molecule has 0 radical (unpaired) electrons. The molecule has 96 valence electrons.